The molecule has 0 aliphatic heterocycles. The fraction of sp³-hybridized carbons (Fsp3) is 0.222. The highest BCUT2D eigenvalue weighted by molar-refractivity contribution is 5.87. The number of aliphatic carboxylic acids is 1. The number of halogens is 3. The van der Waals surface area contributed by atoms with Gasteiger partial charge < -0.3 is 15.2 Å². The minimum atomic E-state index is -5.14. The van der Waals surface area contributed by atoms with Gasteiger partial charge >= 0.3 is 18.1 Å². The lowest BCUT2D eigenvalue weighted by atomic mass is 10.1. The molecule has 0 fully saturated rings. The number of nitrogens with one attached hydrogen (secondary N) is 1. The molecule has 0 aliphatic carbocycles. The lowest BCUT2D eigenvalue weighted by Gasteiger charge is -2.16. The molecule has 0 unspecified atom stereocenters. The number of carboxylic acid groups (broad SMARTS) is 1. The van der Waals surface area contributed by atoms with Crippen molar-refractivity contribution >= 4 is 11.9 Å². The van der Waals surface area contributed by atoms with Gasteiger partial charge in [0.25, 0.3) is 0 Å². The maximum absolute atomic E-state index is 12.3. The van der Waals surface area contributed by atoms with Crippen molar-refractivity contribution in [3.63, 3.8) is 0 Å². The fourth-order valence-electron chi connectivity index (χ4n) is 2.14. The summed E-state index contributed by atoms with van der Waals surface area (Å²) in [5.41, 5.74) is 1.42. The summed E-state index contributed by atoms with van der Waals surface area (Å²) in [6.07, 6.45) is -5.42. The summed E-state index contributed by atoms with van der Waals surface area (Å²) < 4.78 is 42.4. The molecule has 2 aromatic rings. The zero-order valence-corrected chi connectivity index (χ0v) is 13.5. The van der Waals surface area contributed by atoms with Crippen LogP contribution in [0.2, 0.25) is 0 Å². The zero-order chi connectivity index (χ0) is 19.2. The van der Waals surface area contributed by atoms with Crippen LogP contribution >= 0.6 is 0 Å². The molecule has 2 aromatic carbocycles. The lowest BCUT2D eigenvalue weighted by molar-refractivity contribution is -0.175. The van der Waals surface area contributed by atoms with Gasteiger partial charge in [0, 0.05) is 6.42 Å². The summed E-state index contributed by atoms with van der Waals surface area (Å²) in [6, 6.07) is 14.0. The van der Waals surface area contributed by atoms with Crippen molar-refractivity contribution in [3.05, 3.63) is 65.7 Å². The molecule has 0 aromatic heterocycles. The molecule has 0 saturated carbocycles. The van der Waals surface area contributed by atoms with Crippen molar-refractivity contribution in [3.8, 4) is 5.75 Å². The van der Waals surface area contributed by atoms with E-state index >= 15 is 0 Å². The van der Waals surface area contributed by atoms with E-state index < -0.39 is 24.1 Å². The maximum atomic E-state index is 12.3. The summed E-state index contributed by atoms with van der Waals surface area (Å²) in [6.45, 7) is 0.347. The van der Waals surface area contributed by atoms with Crippen LogP contribution in [0.3, 0.4) is 0 Å². The molecule has 0 radical (unpaired) electrons. The summed E-state index contributed by atoms with van der Waals surface area (Å²) in [5.74, 6) is -3.30. The Bertz CT molecular complexity index is 745. The van der Waals surface area contributed by atoms with E-state index in [0.29, 0.717) is 17.9 Å². The van der Waals surface area contributed by atoms with Crippen molar-refractivity contribution in [2.24, 2.45) is 0 Å². The molecule has 2 N–H and O–H groups in total. The number of hydrogen-bond donors (Lipinski definition) is 2. The van der Waals surface area contributed by atoms with Gasteiger partial charge in [-0.2, -0.15) is 13.2 Å². The monoisotopic (exact) mass is 367 g/mol. The van der Waals surface area contributed by atoms with E-state index in [0.717, 1.165) is 5.56 Å². The molecular formula is C18H16F3NO4. The Hall–Kier alpha value is -3.03. The number of carbonyl (C=O) groups excluding carboxylic acids is 1. The van der Waals surface area contributed by atoms with Crippen molar-refractivity contribution in [1.82, 2.24) is 5.32 Å². The molecule has 138 valence electrons. The Morgan fingerprint density at radius 3 is 2.15 bits per heavy atom. The second-order valence-corrected chi connectivity index (χ2v) is 5.48. The third-order valence-corrected chi connectivity index (χ3v) is 3.47. The topological polar surface area (TPSA) is 75.6 Å². The Labute approximate surface area is 147 Å². The van der Waals surface area contributed by atoms with Gasteiger partial charge in [-0.1, -0.05) is 42.5 Å². The normalized spacial score (nSPS) is 12.3. The third-order valence-electron chi connectivity index (χ3n) is 3.47. The highest BCUT2D eigenvalue weighted by Gasteiger charge is 2.40. The molecule has 0 saturated heterocycles. The highest BCUT2D eigenvalue weighted by Crippen LogP contribution is 2.17. The summed E-state index contributed by atoms with van der Waals surface area (Å²) in [7, 11) is 0. The number of amides is 1. The van der Waals surface area contributed by atoms with E-state index in [1.54, 1.807) is 12.1 Å². The van der Waals surface area contributed by atoms with Gasteiger partial charge in [0.2, 0.25) is 0 Å². The minimum Gasteiger partial charge on any atom is -0.489 e. The van der Waals surface area contributed by atoms with Gasteiger partial charge in [0.15, 0.2) is 0 Å². The van der Waals surface area contributed by atoms with Crippen LogP contribution in [0, 0.1) is 0 Å². The van der Waals surface area contributed by atoms with Crippen molar-refractivity contribution < 1.29 is 32.6 Å². The van der Waals surface area contributed by atoms with Crippen LogP contribution in [0.5, 0.6) is 5.75 Å². The molecule has 1 atom stereocenters. The van der Waals surface area contributed by atoms with Crippen LogP contribution in [0.1, 0.15) is 11.1 Å². The average molecular weight is 367 g/mol. The Kier molecular flexibility index (Phi) is 6.21. The van der Waals surface area contributed by atoms with E-state index in [1.165, 1.54) is 17.4 Å². The number of carboxylic acids is 1. The van der Waals surface area contributed by atoms with Crippen LogP contribution in [0.25, 0.3) is 0 Å². The number of rotatable bonds is 7. The molecule has 0 heterocycles. The van der Waals surface area contributed by atoms with Crippen LogP contribution in [0.4, 0.5) is 13.2 Å². The minimum absolute atomic E-state index is 0.282. The maximum Gasteiger partial charge on any atom is 0.471 e. The number of hydrogen-bond acceptors (Lipinski definition) is 3. The van der Waals surface area contributed by atoms with Crippen LogP contribution in [-0.2, 0) is 22.6 Å². The molecule has 2 rings (SSSR count). The van der Waals surface area contributed by atoms with Gasteiger partial charge in [-0.25, -0.2) is 4.79 Å². The molecular weight excluding hydrogens is 351 g/mol. The zero-order valence-electron chi connectivity index (χ0n) is 13.5. The highest BCUT2D eigenvalue weighted by atomic mass is 19.4. The number of alkyl halides is 3. The first-order valence-corrected chi connectivity index (χ1v) is 7.62. The SMILES string of the molecule is O=C(O)[C@@H](Cc1ccc(OCc2ccccc2)cc1)NC(=O)C(F)(F)F. The Morgan fingerprint density at radius 1 is 1.00 bits per heavy atom. The Balaban J connectivity index is 1.95. The van der Waals surface area contributed by atoms with E-state index in [1.807, 2.05) is 30.3 Å². The van der Waals surface area contributed by atoms with E-state index in [2.05, 4.69) is 0 Å². The fourth-order valence-corrected chi connectivity index (χ4v) is 2.14. The van der Waals surface area contributed by atoms with Gasteiger partial charge in [-0.05, 0) is 23.3 Å². The summed E-state index contributed by atoms with van der Waals surface area (Å²) >= 11 is 0. The van der Waals surface area contributed by atoms with Gasteiger partial charge in [0.05, 0.1) is 0 Å². The van der Waals surface area contributed by atoms with Crippen LogP contribution in [0.15, 0.2) is 54.6 Å². The molecule has 0 spiro atoms. The number of carbonyl (C=O) groups is 2. The predicted octanol–water partition coefficient (Wildman–Crippen LogP) is 2.94. The third kappa shape index (κ3) is 5.80. The van der Waals surface area contributed by atoms with Crippen LogP contribution < -0.4 is 10.1 Å². The Morgan fingerprint density at radius 2 is 1.62 bits per heavy atom. The van der Waals surface area contributed by atoms with E-state index in [-0.39, 0.29) is 6.42 Å². The first kappa shape index (κ1) is 19.3. The molecule has 0 aliphatic rings. The van der Waals surface area contributed by atoms with Gasteiger partial charge in [-0.3, -0.25) is 4.79 Å². The smallest absolute Gasteiger partial charge is 0.471 e. The molecule has 8 heteroatoms. The standard InChI is InChI=1S/C18H16F3NO4/c19-18(20,21)17(25)22-15(16(23)24)10-12-6-8-14(9-7-12)26-11-13-4-2-1-3-5-13/h1-9,15H,10-11H2,(H,22,25)(H,23,24)/t15-/m1/s1. The predicted molar refractivity (Wildman–Crippen MR) is 86.5 cm³/mol. The first-order valence-electron chi connectivity index (χ1n) is 7.62. The molecule has 26 heavy (non-hydrogen) atoms. The quantitative estimate of drug-likeness (QED) is 0.789. The van der Waals surface area contributed by atoms with Gasteiger partial charge in [0.1, 0.15) is 18.4 Å². The van der Waals surface area contributed by atoms with Crippen molar-refractivity contribution in [1.29, 1.82) is 0 Å². The van der Waals surface area contributed by atoms with Crippen molar-refractivity contribution in [2.45, 2.75) is 25.2 Å². The summed E-state index contributed by atoms with van der Waals surface area (Å²) in [4.78, 5) is 22.0. The van der Waals surface area contributed by atoms with Crippen molar-refractivity contribution in [2.75, 3.05) is 0 Å². The lowest BCUT2D eigenvalue weighted by Crippen LogP contribution is -2.47. The molecule has 0 bridgehead atoms. The second-order valence-electron chi connectivity index (χ2n) is 5.48. The first-order chi connectivity index (χ1) is 12.3. The largest absolute Gasteiger partial charge is 0.489 e. The number of benzene rings is 2. The second kappa shape index (κ2) is 8.37. The molecule has 5 nitrogen and oxygen atoms in total. The van der Waals surface area contributed by atoms with Crippen LogP contribution in [-0.4, -0.2) is 29.2 Å². The summed E-state index contributed by atoms with van der Waals surface area (Å²) in [5, 5.41) is 10.5. The van der Waals surface area contributed by atoms with E-state index in [9.17, 15) is 22.8 Å². The average Bonchev–Trinajstić information content (AvgIpc) is 2.60. The van der Waals surface area contributed by atoms with Gasteiger partial charge in [-0.15, -0.1) is 0 Å². The number of ether oxygens (including phenoxy) is 1. The van der Waals surface area contributed by atoms with E-state index in [4.69, 9.17) is 9.84 Å². The molecule has 1 amide bonds.